The highest BCUT2D eigenvalue weighted by atomic mass is 35.5. The minimum Gasteiger partial charge on any atom is -0.340 e. The average molecular weight is 348 g/mol. The third-order valence-electron chi connectivity index (χ3n) is 3.63. The van der Waals surface area contributed by atoms with E-state index in [-0.39, 0.29) is 12.4 Å². The van der Waals surface area contributed by atoms with Gasteiger partial charge in [-0.15, -0.1) is 12.4 Å². The van der Waals surface area contributed by atoms with Crippen molar-refractivity contribution in [2.24, 2.45) is 0 Å². The predicted octanol–water partition coefficient (Wildman–Crippen LogP) is 5.79. The molecule has 3 rings (SSSR count). The van der Waals surface area contributed by atoms with E-state index in [9.17, 15) is 0 Å². The molecule has 0 unspecified atom stereocenters. The van der Waals surface area contributed by atoms with Crippen LogP contribution < -0.4 is 5.32 Å². The number of benzene rings is 2. The van der Waals surface area contributed by atoms with Crippen LogP contribution in [-0.2, 0) is 6.42 Å². The van der Waals surface area contributed by atoms with Gasteiger partial charge in [0.2, 0.25) is 0 Å². The normalized spacial score (nSPS) is 10.3. The van der Waals surface area contributed by atoms with Crippen LogP contribution in [0, 0.1) is 0 Å². The van der Waals surface area contributed by atoms with Gasteiger partial charge in [-0.1, -0.05) is 37.1 Å². The lowest BCUT2D eigenvalue weighted by Gasteiger charge is -2.09. The molecule has 0 aliphatic carbocycles. The van der Waals surface area contributed by atoms with Gasteiger partial charge in [0, 0.05) is 16.1 Å². The third kappa shape index (κ3) is 4.34. The minimum atomic E-state index is 0. The first kappa shape index (κ1) is 17.5. The van der Waals surface area contributed by atoms with E-state index in [0.29, 0.717) is 5.02 Å². The van der Waals surface area contributed by atoms with E-state index in [1.54, 1.807) is 6.33 Å². The van der Waals surface area contributed by atoms with Gasteiger partial charge in [-0.3, -0.25) is 0 Å². The van der Waals surface area contributed by atoms with Crippen molar-refractivity contribution in [2.45, 2.75) is 26.2 Å². The Hall–Kier alpha value is -1.84. The first-order valence-electron chi connectivity index (χ1n) is 7.52. The molecular formula is C18H19Cl2N3. The lowest BCUT2D eigenvalue weighted by atomic mass is 10.1. The van der Waals surface area contributed by atoms with Crippen LogP contribution in [0.1, 0.15) is 25.3 Å². The molecule has 0 aliphatic heterocycles. The maximum absolute atomic E-state index is 6.01. The molecule has 1 aromatic heterocycles. The third-order valence-corrected chi connectivity index (χ3v) is 3.87. The second kappa shape index (κ2) is 8.14. The van der Waals surface area contributed by atoms with Crippen LogP contribution in [0.2, 0.25) is 5.02 Å². The number of aromatic nitrogens is 2. The molecule has 0 amide bonds. The number of anilines is 2. The van der Waals surface area contributed by atoms with Gasteiger partial charge in [0.25, 0.3) is 0 Å². The molecule has 23 heavy (non-hydrogen) atoms. The molecule has 0 spiro atoms. The quantitative estimate of drug-likeness (QED) is 0.634. The molecule has 1 heterocycles. The Labute approximate surface area is 147 Å². The molecule has 0 saturated heterocycles. The van der Waals surface area contributed by atoms with Crippen LogP contribution in [0.3, 0.4) is 0 Å². The lowest BCUT2D eigenvalue weighted by Crippen LogP contribution is -1.96. The van der Waals surface area contributed by atoms with Crippen LogP contribution in [-0.4, -0.2) is 9.97 Å². The number of hydrogen-bond acceptors (Lipinski definition) is 3. The second-order valence-electron chi connectivity index (χ2n) is 5.31. The fourth-order valence-electron chi connectivity index (χ4n) is 2.40. The summed E-state index contributed by atoms with van der Waals surface area (Å²) in [6.45, 7) is 2.21. The van der Waals surface area contributed by atoms with Crippen molar-refractivity contribution >= 4 is 46.4 Å². The Bertz CT molecular complexity index is 773. The highest BCUT2D eigenvalue weighted by Gasteiger charge is 2.04. The summed E-state index contributed by atoms with van der Waals surface area (Å²) in [5.41, 5.74) is 3.23. The standard InChI is InChI=1S/C18H18ClN3.ClH/c1-2-3-4-13-5-8-15(9-6-13)22-18-16-10-7-14(19)11-17(16)20-12-21-18;/h5-12H,2-4H2,1H3,(H,20,21,22);1H. The monoisotopic (exact) mass is 347 g/mol. The molecule has 0 bridgehead atoms. The zero-order valence-electron chi connectivity index (χ0n) is 12.9. The van der Waals surface area contributed by atoms with E-state index in [4.69, 9.17) is 11.6 Å². The number of halogens is 2. The van der Waals surface area contributed by atoms with Crippen molar-refractivity contribution in [2.75, 3.05) is 5.32 Å². The first-order chi connectivity index (χ1) is 10.8. The zero-order chi connectivity index (χ0) is 15.4. The average Bonchev–Trinajstić information content (AvgIpc) is 2.54. The summed E-state index contributed by atoms with van der Waals surface area (Å²) in [7, 11) is 0. The summed E-state index contributed by atoms with van der Waals surface area (Å²) in [6, 6.07) is 14.2. The molecule has 0 aliphatic rings. The summed E-state index contributed by atoms with van der Waals surface area (Å²) in [5.74, 6) is 0.794. The number of nitrogens with zero attached hydrogens (tertiary/aromatic N) is 2. The van der Waals surface area contributed by atoms with Gasteiger partial charge in [-0.2, -0.15) is 0 Å². The molecule has 1 N–H and O–H groups in total. The van der Waals surface area contributed by atoms with E-state index in [1.807, 2.05) is 18.2 Å². The van der Waals surface area contributed by atoms with E-state index in [2.05, 4.69) is 46.5 Å². The van der Waals surface area contributed by atoms with Gasteiger partial charge in [0.1, 0.15) is 12.1 Å². The van der Waals surface area contributed by atoms with Crippen LogP contribution in [0.4, 0.5) is 11.5 Å². The maximum Gasteiger partial charge on any atom is 0.141 e. The van der Waals surface area contributed by atoms with Crippen LogP contribution in [0.15, 0.2) is 48.8 Å². The van der Waals surface area contributed by atoms with Gasteiger partial charge in [0.05, 0.1) is 5.52 Å². The van der Waals surface area contributed by atoms with E-state index in [1.165, 1.54) is 18.4 Å². The second-order valence-corrected chi connectivity index (χ2v) is 5.75. The maximum atomic E-state index is 6.01. The Morgan fingerprint density at radius 3 is 2.57 bits per heavy atom. The molecule has 0 fully saturated rings. The Balaban J connectivity index is 0.00000192. The Morgan fingerprint density at radius 2 is 1.83 bits per heavy atom. The van der Waals surface area contributed by atoms with E-state index < -0.39 is 0 Å². The smallest absolute Gasteiger partial charge is 0.141 e. The predicted molar refractivity (Wildman–Crippen MR) is 100 cm³/mol. The van der Waals surface area contributed by atoms with Crippen molar-refractivity contribution in [1.82, 2.24) is 9.97 Å². The number of hydrogen-bond donors (Lipinski definition) is 1. The molecule has 2 aromatic carbocycles. The molecule has 3 aromatic rings. The number of rotatable bonds is 5. The van der Waals surface area contributed by atoms with Crippen molar-refractivity contribution in [3.63, 3.8) is 0 Å². The fraction of sp³-hybridized carbons (Fsp3) is 0.222. The largest absolute Gasteiger partial charge is 0.340 e. The number of unbranched alkanes of at least 4 members (excludes halogenated alkanes) is 1. The van der Waals surface area contributed by atoms with Gasteiger partial charge >= 0.3 is 0 Å². The van der Waals surface area contributed by atoms with Crippen LogP contribution in [0.5, 0.6) is 0 Å². The number of fused-ring (bicyclic) bond motifs is 1. The molecule has 120 valence electrons. The molecular weight excluding hydrogens is 329 g/mol. The minimum absolute atomic E-state index is 0. The van der Waals surface area contributed by atoms with Gasteiger partial charge in [-0.05, 0) is 48.7 Å². The van der Waals surface area contributed by atoms with Crippen LogP contribution >= 0.6 is 24.0 Å². The molecule has 0 saturated carbocycles. The van der Waals surface area contributed by atoms with E-state index >= 15 is 0 Å². The summed E-state index contributed by atoms with van der Waals surface area (Å²) >= 11 is 6.01. The zero-order valence-corrected chi connectivity index (χ0v) is 14.5. The molecule has 5 heteroatoms. The number of nitrogens with one attached hydrogen (secondary N) is 1. The van der Waals surface area contributed by atoms with E-state index in [0.717, 1.165) is 28.8 Å². The van der Waals surface area contributed by atoms with Crippen molar-refractivity contribution in [1.29, 1.82) is 0 Å². The number of aryl methyl sites for hydroxylation is 1. The van der Waals surface area contributed by atoms with Gasteiger partial charge < -0.3 is 5.32 Å². The highest BCUT2D eigenvalue weighted by Crippen LogP contribution is 2.25. The summed E-state index contributed by atoms with van der Waals surface area (Å²) in [5, 5.41) is 4.99. The molecule has 0 radical (unpaired) electrons. The Morgan fingerprint density at radius 1 is 1.04 bits per heavy atom. The van der Waals surface area contributed by atoms with Crippen molar-refractivity contribution < 1.29 is 0 Å². The summed E-state index contributed by atoms with van der Waals surface area (Å²) < 4.78 is 0. The topological polar surface area (TPSA) is 37.8 Å². The molecule has 3 nitrogen and oxygen atoms in total. The van der Waals surface area contributed by atoms with Gasteiger partial charge in [-0.25, -0.2) is 9.97 Å². The van der Waals surface area contributed by atoms with Crippen molar-refractivity contribution in [3.05, 3.63) is 59.4 Å². The SMILES string of the molecule is CCCCc1ccc(Nc2ncnc3cc(Cl)ccc23)cc1.Cl. The van der Waals surface area contributed by atoms with Gasteiger partial charge in [0.15, 0.2) is 0 Å². The Kier molecular flexibility index (Phi) is 6.20. The highest BCUT2D eigenvalue weighted by molar-refractivity contribution is 6.31. The summed E-state index contributed by atoms with van der Waals surface area (Å²) in [4.78, 5) is 8.60. The van der Waals surface area contributed by atoms with Crippen molar-refractivity contribution in [3.8, 4) is 0 Å². The van der Waals surface area contributed by atoms with Crippen LogP contribution in [0.25, 0.3) is 10.9 Å². The lowest BCUT2D eigenvalue weighted by molar-refractivity contribution is 0.795. The first-order valence-corrected chi connectivity index (χ1v) is 7.90. The molecule has 0 atom stereocenters. The summed E-state index contributed by atoms with van der Waals surface area (Å²) in [6.07, 6.45) is 5.13. The fourth-order valence-corrected chi connectivity index (χ4v) is 2.57.